The van der Waals surface area contributed by atoms with Crippen LogP contribution in [0.25, 0.3) is 0 Å². The second-order valence-corrected chi connectivity index (χ2v) is 4.72. The first-order chi connectivity index (χ1) is 9.47. The molecule has 2 rings (SSSR count). The number of amidine groups is 1. The molecule has 20 heavy (non-hydrogen) atoms. The van der Waals surface area contributed by atoms with Crippen molar-refractivity contribution in [2.45, 2.75) is 0 Å². The number of nitrogens with one attached hydrogen (secondary N) is 1. The van der Waals surface area contributed by atoms with Crippen molar-refractivity contribution in [1.29, 1.82) is 0 Å². The van der Waals surface area contributed by atoms with Crippen LogP contribution in [0.3, 0.4) is 0 Å². The van der Waals surface area contributed by atoms with Gasteiger partial charge in [-0.2, -0.15) is 5.10 Å². The first-order valence-corrected chi connectivity index (χ1v) is 6.34. The Kier molecular flexibility index (Phi) is 4.48. The number of halogens is 2. The Morgan fingerprint density at radius 3 is 2.65 bits per heavy atom. The SMILES string of the molecule is O=C1CSC(=NN=Cc2cc(F)c(F)cc2B(O)O)N1. The molecule has 0 saturated carbocycles. The van der Waals surface area contributed by atoms with E-state index in [1.807, 2.05) is 0 Å². The highest BCUT2D eigenvalue weighted by molar-refractivity contribution is 8.15. The number of carbonyl (C=O) groups is 1. The van der Waals surface area contributed by atoms with E-state index in [2.05, 4.69) is 15.5 Å². The van der Waals surface area contributed by atoms with E-state index in [1.54, 1.807) is 0 Å². The standard InChI is InChI=1S/C10H8BF2N3O3S/c12-7-1-5(6(11(18)19)2-8(7)13)3-14-16-10-15-9(17)4-20-10/h1-3,18-19H,4H2,(H,15,16,17). The molecule has 0 spiro atoms. The summed E-state index contributed by atoms with van der Waals surface area (Å²) in [6.07, 6.45) is 1.04. The monoisotopic (exact) mass is 299 g/mol. The average molecular weight is 299 g/mol. The quantitative estimate of drug-likeness (QED) is 0.387. The molecular weight excluding hydrogens is 291 g/mol. The Morgan fingerprint density at radius 2 is 2.05 bits per heavy atom. The van der Waals surface area contributed by atoms with Gasteiger partial charge in [-0.15, -0.1) is 5.10 Å². The van der Waals surface area contributed by atoms with Gasteiger partial charge in [-0.05, 0) is 23.2 Å². The van der Waals surface area contributed by atoms with Crippen molar-refractivity contribution < 1.29 is 23.6 Å². The van der Waals surface area contributed by atoms with Gasteiger partial charge in [0.1, 0.15) is 0 Å². The van der Waals surface area contributed by atoms with Crippen LogP contribution >= 0.6 is 11.8 Å². The zero-order valence-electron chi connectivity index (χ0n) is 9.88. The lowest BCUT2D eigenvalue weighted by atomic mass is 9.77. The van der Waals surface area contributed by atoms with Crippen LogP contribution in [0.2, 0.25) is 0 Å². The van der Waals surface area contributed by atoms with Gasteiger partial charge in [0, 0.05) is 0 Å². The maximum Gasteiger partial charge on any atom is 0.489 e. The highest BCUT2D eigenvalue weighted by Gasteiger charge is 2.19. The number of hydrogen-bond acceptors (Lipinski definition) is 6. The zero-order valence-corrected chi connectivity index (χ0v) is 10.7. The Labute approximate surface area is 116 Å². The third-order valence-corrected chi connectivity index (χ3v) is 3.20. The third-order valence-electron chi connectivity index (χ3n) is 2.34. The van der Waals surface area contributed by atoms with Crippen molar-refractivity contribution in [3.63, 3.8) is 0 Å². The summed E-state index contributed by atoms with van der Waals surface area (Å²) in [5.41, 5.74) is -0.270. The van der Waals surface area contributed by atoms with Gasteiger partial charge in [0.25, 0.3) is 0 Å². The zero-order chi connectivity index (χ0) is 14.7. The summed E-state index contributed by atoms with van der Waals surface area (Å²) in [7, 11) is -1.97. The summed E-state index contributed by atoms with van der Waals surface area (Å²) < 4.78 is 26.1. The van der Waals surface area contributed by atoms with E-state index in [0.29, 0.717) is 6.07 Å². The maximum atomic E-state index is 13.1. The molecule has 1 aromatic rings. The largest absolute Gasteiger partial charge is 0.489 e. The van der Waals surface area contributed by atoms with E-state index in [4.69, 9.17) is 10.0 Å². The fourth-order valence-corrected chi connectivity index (χ4v) is 2.07. The summed E-state index contributed by atoms with van der Waals surface area (Å²) in [6, 6.07) is 1.44. The van der Waals surface area contributed by atoms with Gasteiger partial charge in [-0.25, -0.2) is 8.78 Å². The topological polar surface area (TPSA) is 94.3 Å². The number of carbonyl (C=O) groups excluding carboxylic acids is 1. The fourth-order valence-electron chi connectivity index (χ4n) is 1.44. The van der Waals surface area contributed by atoms with Gasteiger partial charge in [0.15, 0.2) is 16.8 Å². The van der Waals surface area contributed by atoms with E-state index in [9.17, 15) is 13.6 Å². The van der Waals surface area contributed by atoms with Crippen molar-refractivity contribution in [3.05, 3.63) is 29.3 Å². The summed E-state index contributed by atoms with van der Waals surface area (Å²) in [6.45, 7) is 0. The van der Waals surface area contributed by atoms with E-state index in [0.717, 1.165) is 24.0 Å². The molecule has 1 saturated heterocycles. The average Bonchev–Trinajstić information content (AvgIpc) is 2.79. The fraction of sp³-hybridized carbons (Fsp3) is 0.100. The van der Waals surface area contributed by atoms with Crippen molar-refractivity contribution in [2.75, 3.05) is 5.75 Å². The molecule has 0 aromatic heterocycles. The molecule has 104 valence electrons. The lowest BCUT2D eigenvalue weighted by Gasteiger charge is -2.04. The third kappa shape index (κ3) is 3.41. The van der Waals surface area contributed by atoms with E-state index >= 15 is 0 Å². The summed E-state index contributed by atoms with van der Waals surface area (Å²) in [5.74, 6) is -2.31. The van der Waals surface area contributed by atoms with Crippen LogP contribution in [0.15, 0.2) is 22.3 Å². The van der Waals surface area contributed by atoms with Gasteiger partial charge in [0.2, 0.25) is 5.91 Å². The molecule has 1 amide bonds. The van der Waals surface area contributed by atoms with Crippen LogP contribution in [0.5, 0.6) is 0 Å². The first kappa shape index (κ1) is 14.6. The molecule has 0 atom stereocenters. The minimum atomic E-state index is -1.97. The van der Waals surface area contributed by atoms with Crippen molar-refractivity contribution in [1.82, 2.24) is 5.32 Å². The van der Waals surface area contributed by atoms with Crippen molar-refractivity contribution >= 4 is 41.6 Å². The van der Waals surface area contributed by atoms with Crippen LogP contribution < -0.4 is 10.8 Å². The van der Waals surface area contributed by atoms with Gasteiger partial charge in [0.05, 0.1) is 12.0 Å². The Balaban J connectivity index is 2.24. The van der Waals surface area contributed by atoms with E-state index < -0.39 is 18.8 Å². The van der Waals surface area contributed by atoms with Crippen LogP contribution in [0.1, 0.15) is 5.56 Å². The minimum Gasteiger partial charge on any atom is -0.423 e. The second-order valence-electron chi connectivity index (χ2n) is 3.76. The number of thioether (sulfide) groups is 1. The molecule has 0 unspecified atom stereocenters. The lowest BCUT2D eigenvalue weighted by Crippen LogP contribution is -2.33. The smallest absolute Gasteiger partial charge is 0.423 e. The molecule has 1 fully saturated rings. The van der Waals surface area contributed by atoms with Crippen LogP contribution in [0.4, 0.5) is 8.78 Å². The summed E-state index contributed by atoms with van der Waals surface area (Å²) in [5, 5.41) is 28.1. The molecule has 0 aliphatic carbocycles. The van der Waals surface area contributed by atoms with E-state index in [-0.39, 0.29) is 27.9 Å². The molecule has 0 radical (unpaired) electrons. The normalized spacial score (nSPS) is 17.0. The number of benzene rings is 1. The number of hydrogen-bond donors (Lipinski definition) is 3. The van der Waals surface area contributed by atoms with Crippen LogP contribution in [-0.2, 0) is 4.79 Å². The number of nitrogens with zero attached hydrogens (tertiary/aromatic N) is 2. The molecule has 6 nitrogen and oxygen atoms in total. The van der Waals surface area contributed by atoms with Gasteiger partial charge in [-0.3, -0.25) is 4.79 Å². The Hall–Kier alpha value is -1.78. The van der Waals surface area contributed by atoms with Gasteiger partial charge >= 0.3 is 7.12 Å². The molecule has 1 aliphatic heterocycles. The molecule has 1 aromatic carbocycles. The van der Waals surface area contributed by atoms with Crippen molar-refractivity contribution in [3.8, 4) is 0 Å². The highest BCUT2D eigenvalue weighted by atomic mass is 32.2. The maximum absolute atomic E-state index is 13.1. The lowest BCUT2D eigenvalue weighted by molar-refractivity contribution is -0.116. The minimum absolute atomic E-state index is 0.0300. The van der Waals surface area contributed by atoms with Crippen LogP contribution in [-0.4, -0.2) is 40.2 Å². The Morgan fingerprint density at radius 1 is 1.35 bits per heavy atom. The Bertz CT molecular complexity index is 610. The molecule has 3 N–H and O–H groups in total. The molecule has 1 heterocycles. The van der Waals surface area contributed by atoms with E-state index in [1.165, 1.54) is 0 Å². The van der Waals surface area contributed by atoms with Crippen molar-refractivity contribution in [2.24, 2.45) is 10.2 Å². The molecule has 0 bridgehead atoms. The second kappa shape index (κ2) is 6.12. The summed E-state index contributed by atoms with van der Waals surface area (Å²) >= 11 is 1.14. The predicted molar refractivity (Wildman–Crippen MR) is 71.8 cm³/mol. The molecular formula is C10H8BF2N3O3S. The molecule has 1 aliphatic rings. The van der Waals surface area contributed by atoms with Crippen LogP contribution in [0, 0.1) is 11.6 Å². The molecule has 10 heteroatoms. The number of amides is 1. The first-order valence-electron chi connectivity index (χ1n) is 5.36. The van der Waals surface area contributed by atoms with Gasteiger partial charge in [-0.1, -0.05) is 11.8 Å². The van der Waals surface area contributed by atoms with Gasteiger partial charge < -0.3 is 15.4 Å². The predicted octanol–water partition coefficient (Wildman–Crippen LogP) is -0.803. The summed E-state index contributed by atoms with van der Waals surface area (Å²) in [4.78, 5) is 10.9. The number of rotatable bonds is 3. The highest BCUT2D eigenvalue weighted by Crippen LogP contribution is 2.09.